The van der Waals surface area contributed by atoms with Crippen molar-refractivity contribution in [1.29, 1.82) is 0 Å². The molecular formula is C40H62N2P2. The van der Waals surface area contributed by atoms with Gasteiger partial charge in [0, 0.05) is 5.16 Å². The molecule has 2 saturated heterocycles. The van der Waals surface area contributed by atoms with Crippen LogP contribution < -0.4 is 10.6 Å². The van der Waals surface area contributed by atoms with E-state index >= 15 is 0 Å². The van der Waals surface area contributed by atoms with Gasteiger partial charge in [-0.15, -0.1) is 9.24 Å². The molecule has 0 amide bonds. The maximum Gasteiger partial charge on any atom is 0.0181 e. The Morgan fingerprint density at radius 1 is 0.682 bits per heavy atom. The minimum absolute atomic E-state index is 0.141. The number of hydrogen-bond acceptors (Lipinski definition) is 2. The first kappa shape index (κ1) is 30.1. The summed E-state index contributed by atoms with van der Waals surface area (Å²) in [7, 11) is 3.45. The molecule has 242 valence electrons. The van der Waals surface area contributed by atoms with E-state index in [0.717, 1.165) is 23.7 Å². The van der Waals surface area contributed by atoms with Gasteiger partial charge in [0.25, 0.3) is 0 Å². The lowest BCUT2D eigenvalue weighted by Crippen LogP contribution is -2.63. The van der Waals surface area contributed by atoms with E-state index < -0.39 is 0 Å². The molecule has 2 heterocycles. The van der Waals surface area contributed by atoms with Crippen LogP contribution >= 0.6 is 17.2 Å². The van der Waals surface area contributed by atoms with Crippen LogP contribution in [0.2, 0.25) is 0 Å². The van der Waals surface area contributed by atoms with E-state index in [4.69, 9.17) is 0 Å². The van der Waals surface area contributed by atoms with E-state index in [1.165, 1.54) is 83.7 Å². The third kappa shape index (κ3) is 4.52. The van der Waals surface area contributed by atoms with Crippen LogP contribution in [0.25, 0.3) is 0 Å². The van der Waals surface area contributed by atoms with Gasteiger partial charge >= 0.3 is 0 Å². The van der Waals surface area contributed by atoms with E-state index in [1.54, 1.807) is 49.7 Å². The Bertz CT molecular complexity index is 1200. The van der Waals surface area contributed by atoms with Crippen molar-refractivity contribution in [2.75, 3.05) is 26.2 Å². The van der Waals surface area contributed by atoms with E-state index in [0.29, 0.717) is 32.0 Å². The second-order valence-electron chi connectivity index (χ2n) is 20.3. The lowest BCUT2D eigenvalue weighted by molar-refractivity contribution is -0.0922. The topological polar surface area (TPSA) is 24.1 Å². The van der Waals surface area contributed by atoms with Gasteiger partial charge in [0.05, 0.1) is 0 Å². The zero-order valence-electron chi connectivity index (χ0n) is 28.6. The molecule has 10 aliphatic rings. The smallest absolute Gasteiger partial charge is 0.0181 e. The molecular weight excluding hydrogens is 570 g/mol. The summed E-state index contributed by atoms with van der Waals surface area (Å²) in [6, 6.07) is 10.1. The Labute approximate surface area is 273 Å². The van der Waals surface area contributed by atoms with Crippen LogP contribution in [0.5, 0.6) is 0 Å². The van der Waals surface area contributed by atoms with E-state index in [1.807, 2.05) is 0 Å². The molecule has 7 atom stereocenters. The second kappa shape index (κ2) is 9.79. The highest BCUT2D eigenvalue weighted by Gasteiger charge is 2.69. The zero-order valence-corrected chi connectivity index (χ0v) is 30.6. The number of hydrogen-bond donors (Lipinski definition) is 2. The van der Waals surface area contributed by atoms with Crippen LogP contribution in [0.1, 0.15) is 129 Å². The van der Waals surface area contributed by atoms with Crippen molar-refractivity contribution in [3.63, 3.8) is 0 Å². The van der Waals surface area contributed by atoms with E-state index in [9.17, 15) is 0 Å². The standard InChI is InChI=1S/C40H62N2P2/c1-34-13-28-14-35(2,22-34)25-38(17-28,24-34)44(39-18-29-15-36(3,26-39)23-37(4,16-29)27-39)21-30-7-5-6-8-33(30)40(43,31-9-11-41-19-31)32-10-12-42-20-32/h5-8,28-29,31-32,41-42H,9-27,43H2,1-4H3. The first-order valence-corrected chi connectivity index (χ1v) is 21.0. The Balaban J connectivity index is 1.19. The third-order valence-corrected chi connectivity index (χ3v) is 20.8. The molecule has 0 radical (unpaired) electrons. The van der Waals surface area contributed by atoms with Gasteiger partial charge in [-0.1, -0.05) is 59.9 Å². The molecule has 0 aromatic heterocycles. The normalized spacial score (nSPS) is 52.5. The minimum Gasteiger partial charge on any atom is -0.316 e. The van der Waals surface area contributed by atoms with Crippen LogP contribution in [-0.2, 0) is 11.3 Å². The van der Waals surface area contributed by atoms with Gasteiger partial charge < -0.3 is 10.6 Å². The molecule has 2 aliphatic heterocycles. The number of nitrogens with one attached hydrogen (secondary N) is 2. The molecule has 44 heavy (non-hydrogen) atoms. The lowest BCUT2D eigenvalue weighted by Gasteiger charge is -2.73. The monoisotopic (exact) mass is 632 g/mol. The van der Waals surface area contributed by atoms with E-state index in [-0.39, 0.29) is 13.1 Å². The summed E-state index contributed by atoms with van der Waals surface area (Å²) in [5.41, 5.74) is 5.91. The van der Waals surface area contributed by atoms with Crippen molar-refractivity contribution in [3.05, 3.63) is 35.4 Å². The van der Waals surface area contributed by atoms with Crippen LogP contribution in [0.3, 0.4) is 0 Å². The van der Waals surface area contributed by atoms with Gasteiger partial charge in [-0.05, 0) is 189 Å². The molecule has 8 saturated carbocycles. The summed E-state index contributed by atoms with van der Waals surface area (Å²) in [5.74, 6) is 3.44. The molecule has 1 aromatic rings. The third-order valence-electron chi connectivity index (χ3n) is 15.6. The van der Waals surface area contributed by atoms with Gasteiger partial charge in [-0.25, -0.2) is 0 Å². The molecule has 8 aliphatic carbocycles. The Hall–Kier alpha value is -0.0000000000000000416. The van der Waals surface area contributed by atoms with Crippen molar-refractivity contribution < 1.29 is 0 Å². The summed E-state index contributed by atoms with van der Waals surface area (Å²) in [6.45, 7) is 15.8. The fraction of sp³-hybridized carbons (Fsp3) is 0.850. The summed E-state index contributed by atoms with van der Waals surface area (Å²) in [5, 5.41) is 8.99. The van der Waals surface area contributed by atoms with Crippen molar-refractivity contribution >= 4 is 17.2 Å². The average molecular weight is 633 g/mol. The molecule has 0 spiro atoms. The van der Waals surface area contributed by atoms with Gasteiger partial charge in [-0.2, -0.15) is 0 Å². The largest absolute Gasteiger partial charge is 0.316 e. The van der Waals surface area contributed by atoms with Gasteiger partial charge in [0.1, 0.15) is 0 Å². The first-order chi connectivity index (χ1) is 20.9. The molecule has 11 rings (SSSR count). The highest BCUT2D eigenvalue weighted by molar-refractivity contribution is 7.60. The molecule has 2 N–H and O–H groups in total. The average Bonchev–Trinajstić information content (AvgIpc) is 3.63. The van der Waals surface area contributed by atoms with Crippen LogP contribution in [-0.4, -0.2) is 36.5 Å². The predicted octanol–water partition coefficient (Wildman–Crippen LogP) is 9.46. The Kier molecular flexibility index (Phi) is 6.70. The number of benzene rings is 1. The summed E-state index contributed by atoms with van der Waals surface area (Å²) < 4.78 is 0. The maximum atomic E-state index is 3.80. The van der Waals surface area contributed by atoms with E-state index in [2.05, 4.69) is 71.8 Å². The summed E-state index contributed by atoms with van der Waals surface area (Å²) >= 11 is 0. The van der Waals surface area contributed by atoms with Gasteiger partial charge in [-0.3, -0.25) is 0 Å². The van der Waals surface area contributed by atoms with Crippen LogP contribution in [0, 0.1) is 45.3 Å². The quantitative estimate of drug-likeness (QED) is 0.293. The fourth-order valence-corrected chi connectivity index (χ4v) is 22.8. The predicted molar refractivity (Wildman–Crippen MR) is 191 cm³/mol. The molecule has 10 fully saturated rings. The number of rotatable bonds is 7. The highest BCUT2D eigenvalue weighted by Crippen LogP contribution is 2.84. The summed E-state index contributed by atoms with van der Waals surface area (Å²) in [6.07, 6.45) is 22.6. The minimum atomic E-state index is -0.141. The lowest BCUT2D eigenvalue weighted by atomic mass is 9.44. The van der Waals surface area contributed by atoms with Gasteiger partial charge in [0.15, 0.2) is 0 Å². The molecule has 8 bridgehead atoms. The molecule has 7 unspecified atom stereocenters. The molecule has 4 heteroatoms. The second-order valence-corrected chi connectivity index (χ2v) is 24.3. The van der Waals surface area contributed by atoms with Crippen molar-refractivity contribution in [2.45, 2.75) is 139 Å². The van der Waals surface area contributed by atoms with Gasteiger partial charge in [0.2, 0.25) is 0 Å². The van der Waals surface area contributed by atoms with Crippen molar-refractivity contribution in [1.82, 2.24) is 10.6 Å². The SMILES string of the molecule is CC12CC3CC(C)(C1)CC(P(Cc1ccccc1C(P)(C1CCNC1)C1CCNC1)C14CC5CC(C)(CC(C)(C5)C1)C4)(C3)C2. The zero-order chi connectivity index (χ0) is 30.2. The van der Waals surface area contributed by atoms with Crippen LogP contribution in [0.15, 0.2) is 24.3 Å². The van der Waals surface area contributed by atoms with Crippen molar-refractivity contribution in [3.8, 4) is 0 Å². The first-order valence-electron chi connectivity index (χ1n) is 18.9. The summed E-state index contributed by atoms with van der Waals surface area (Å²) in [4.78, 5) is 0. The molecule has 1 aromatic carbocycles. The highest BCUT2D eigenvalue weighted by atomic mass is 31.1. The van der Waals surface area contributed by atoms with Crippen LogP contribution in [0.4, 0.5) is 0 Å². The molecule has 2 nitrogen and oxygen atoms in total. The Morgan fingerprint density at radius 2 is 1.14 bits per heavy atom. The Morgan fingerprint density at radius 3 is 1.55 bits per heavy atom. The fourth-order valence-electron chi connectivity index (χ4n) is 16.4. The maximum absolute atomic E-state index is 3.80. The van der Waals surface area contributed by atoms with Crippen molar-refractivity contribution in [2.24, 2.45) is 45.3 Å².